The third-order valence-electron chi connectivity index (χ3n) is 3.41. The van der Waals surface area contributed by atoms with Crippen LogP contribution in [0, 0.1) is 13.8 Å². The number of fused-ring (bicyclic) bond motifs is 1. The Morgan fingerprint density at radius 2 is 2.00 bits per heavy atom. The molecule has 0 radical (unpaired) electrons. The predicted molar refractivity (Wildman–Crippen MR) is 62.3 cm³/mol. The summed E-state index contributed by atoms with van der Waals surface area (Å²) in [6.07, 6.45) is 2.40. The van der Waals surface area contributed by atoms with E-state index in [0.717, 1.165) is 12.8 Å². The van der Waals surface area contributed by atoms with Gasteiger partial charge in [0.05, 0.1) is 0 Å². The first-order chi connectivity index (χ1) is 7.08. The van der Waals surface area contributed by atoms with Crippen LogP contribution in [0.25, 0.3) is 0 Å². The molecule has 0 bridgehead atoms. The number of hydrogen-bond acceptors (Lipinski definition) is 1. The van der Waals surface area contributed by atoms with Gasteiger partial charge < -0.3 is 0 Å². The lowest BCUT2D eigenvalue weighted by Gasteiger charge is -2.15. The third-order valence-corrected chi connectivity index (χ3v) is 3.41. The highest BCUT2D eigenvalue weighted by Gasteiger charge is 2.20. The average molecular weight is 202 g/mol. The maximum Gasteiger partial charge on any atom is 0.137 e. The Morgan fingerprint density at radius 1 is 1.27 bits per heavy atom. The fraction of sp³-hybridized carbons (Fsp3) is 0.500. The summed E-state index contributed by atoms with van der Waals surface area (Å²) < 4.78 is 0. The Labute approximate surface area is 91.5 Å². The monoisotopic (exact) mass is 202 g/mol. The zero-order valence-corrected chi connectivity index (χ0v) is 9.76. The topological polar surface area (TPSA) is 17.1 Å². The number of carbonyl (C=O) groups is 1. The molecule has 0 aromatic heterocycles. The molecule has 15 heavy (non-hydrogen) atoms. The summed E-state index contributed by atoms with van der Waals surface area (Å²) in [6.45, 7) is 6.49. The molecule has 0 fully saturated rings. The summed E-state index contributed by atoms with van der Waals surface area (Å²) in [7, 11) is 0. The standard InChI is InChI=1S/C14H18O/c1-9-6-11(3)14-8-12(15)5-4-10(2)13(14)7-9/h6-7,10H,4-5,8H2,1-3H3/t10-/m1/s1. The number of aryl methyl sites for hydroxylation is 2. The minimum atomic E-state index is 0.396. The van der Waals surface area contributed by atoms with Crippen LogP contribution in [-0.2, 0) is 11.2 Å². The van der Waals surface area contributed by atoms with E-state index in [9.17, 15) is 4.79 Å². The molecule has 0 spiro atoms. The molecule has 1 atom stereocenters. The summed E-state index contributed by atoms with van der Waals surface area (Å²) in [5.41, 5.74) is 5.29. The highest BCUT2D eigenvalue weighted by Crippen LogP contribution is 2.31. The van der Waals surface area contributed by atoms with Crippen LogP contribution in [0.1, 0.15) is 47.9 Å². The molecule has 1 nitrogen and oxygen atoms in total. The van der Waals surface area contributed by atoms with E-state index in [4.69, 9.17) is 0 Å². The molecule has 0 saturated heterocycles. The Morgan fingerprint density at radius 3 is 2.73 bits per heavy atom. The first-order valence-electron chi connectivity index (χ1n) is 5.69. The molecule has 0 amide bonds. The first kappa shape index (κ1) is 10.4. The first-order valence-corrected chi connectivity index (χ1v) is 5.69. The maximum absolute atomic E-state index is 11.6. The highest BCUT2D eigenvalue weighted by atomic mass is 16.1. The average Bonchev–Trinajstić information content (AvgIpc) is 2.30. The number of ketones is 1. The van der Waals surface area contributed by atoms with Crippen molar-refractivity contribution in [2.24, 2.45) is 0 Å². The number of rotatable bonds is 0. The molecular weight excluding hydrogens is 184 g/mol. The van der Waals surface area contributed by atoms with E-state index in [1.54, 1.807) is 0 Å². The second-order valence-corrected chi connectivity index (χ2v) is 4.80. The zero-order valence-electron chi connectivity index (χ0n) is 9.76. The molecule has 0 heterocycles. The van der Waals surface area contributed by atoms with Gasteiger partial charge in [-0.2, -0.15) is 0 Å². The summed E-state index contributed by atoms with van der Waals surface area (Å²) in [6, 6.07) is 4.44. The van der Waals surface area contributed by atoms with E-state index in [1.807, 2.05) is 0 Å². The van der Waals surface area contributed by atoms with Gasteiger partial charge in [0.25, 0.3) is 0 Å². The second kappa shape index (κ2) is 3.80. The van der Waals surface area contributed by atoms with Crippen LogP contribution in [0.15, 0.2) is 12.1 Å². The lowest BCUT2D eigenvalue weighted by molar-refractivity contribution is -0.118. The van der Waals surface area contributed by atoms with Crippen molar-refractivity contribution in [2.75, 3.05) is 0 Å². The van der Waals surface area contributed by atoms with E-state index in [-0.39, 0.29) is 0 Å². The Bertz CT molecular complexity index is 404. The van der Waals surface area contributed by atoms with E-state index in [2.05, 4.69) is 32.9 Å². The number of Topliss-reactive ketones (excluding diaryl/α,β-unsaturated/α-hetero) is 1. The van der Waals surface area contributed by atoms with Crippen LogP contribution in [0.5, 0.6) is 0 Å². The van der Waals surface area contributed by atoms with Gasteiger partial charge in [0.1, 0.15) is 5.78 Å². The number of hydrogen-bond donors (Lipinski definition) is 0. The van der Waals surface area contributed by atoms with E-state index < -0.39 is 0 Å². The number of carbonyl (C=O) groups excluding carboxylic acids is 1. The SMILES string of the molecule is Cc1cc(C)c2c(c1)[C@H](C)CCC(=O)C2. The smallest absolute Gasteiger partial charge is 0.137 e. The van der Waals surface area contributed by atoms with E-state index in [1.165, 1.54) is 22.3 Å². The largest absolute Gasteiger partial charge is 0.299 e. The van der Waals surface area contributed by atoms with Crippen LogP contribution in [-0.4, -0.2) is 5.78 Å². The predicted octanol–water partition coefficient (Wildman–Crippen LogP) is 3.31. The molecular formula is C14H18O. The van der Waals surface area contributed by atoms with Crippen LogP contribution in [0.4, 0.5) is 0 Å². The quantitative estimate of drug-likeness (QED) is 0.590. The molecule has 0 aliphatic heterocycles. The van der Waals surface area contributed by atoms with Crippen LogP contribution in [0.3, 0.4) is 0 Å². The highest BCUT2D eigenvalue weighted by molar-refractivity contribution is 5.82. The van der Waals surface area contributed by atoms with Crippen molar-refractivity contribution in [1.82, 2.24) is 0 Å². The molecule has 0 N–H and O–H groups in total. The molecule has 80 valence electrons. The van der Waals surface area contributed by atoms with Crippen LogP contribution < -0.4 is 0 Å². The minimum absolute atomic E-state index is 0.396. The zero-order chi connectivity index (χ0) is 11.0. The van der Waals surface area contributed by atoms with Gasteiger partial charge in [-0.05, 0) is 42.9 Å². The lowest BCUT2D eigenvalue weighted by atomic mass is 9.90. The van der Waals surface area contributed by atoms with E-state index >= 15 is 0 Å². The molecule has 1 aliphatic rings. The molecule has 2 rings (SSSR count). The lowest BCUT2D eigenvalue weighted by Crippen LogP contribution is -2.03. The fourth-order valence-electron chi connectivity index (χ4n) is 2.53. The molecule has 0 saturated carbocycles. The van der Waals surface area contributed by atoms with Crippen molar-refractivity contribution in [3.63, 3.8) is 0 Å². The summed E-state index contributed by atoms with van der Waals surface area (Å²) in [5.74, 6) is 0.928. The normalized spacial score (nSPS) is 21.0. The summed E-state index contributed by atoms with van der Waals surface area (Å²) in [5, 5.41) is 0. The van der Waals surface area contributed by atoms with Crippen molar-refractivity contribution < 1.29 is 4.79 Å². The van der Waals surface area contributed by atoms with Gasteiger partial charge >= 0.3 is 0 Å². The van der Waals surface area contributed by atoms with Gasteiger partial charge in [-0.1, -0.05) is 24.6 Å². The molecule has 1 aliphatic carbocycles. The van der Waals surface area contributed by atoms with Gasteiger partial charge in [-0.3, -0.25) is 4.79 Å². The molecule has 0 unspecified atom stereocenters. The van der Waals surface area contributed by atoms with Gasteiger partial charge in [0.15, 0.2) is 0 Å². The summed E-state index contributed by atoms with van der Waals surface area (Å²) in [4.78, 5) is 11.6. The van der Waals surface area contributed by atoms with Gasteiger partial charge in [0.2, 0.25) is 0 Å². The van der Waals surface area contributed by atoms with Crippen molar-refractivity contribution in [3.05, 3.63) is 34.4 Å². The van der Waals surface area contributed by atoms with Crippen molar-refractivity contribution in [1.29, 1.82) is 0 Å². The Balaban J connectivity index is 2.56. The maximum atomic E-state index is 11.6. The minimum Gasteiger partial charge on any atom is -0.299 e. The van der Waals surface area contributed by atoms with Crippen molar-refractivity contribution >= 4 is 5.78 Å². The fourth-order valence-corrected chi connectivity index (χ4v) is 2.53. The van der Waals surface area contributed by atoms with E-state index in [0.29, 0.717) is 18.1 Å². The van der Waals surface area contributed by atoms with Crippen molar-refractivity contribution in [3.8, 4) is 0 Å². The Kier molecular flexibility index (Phi) is 2.64. The second-order valence-electron chi connectivity index (χ2n) is 4.80. The Hall–Kier alpha value is -1.11. The summed E-state index contributed by atoms with van der Waals surface area (Å²) >= 11 is 0. The molecule has 1 aromatic carbocycles. The molecule has 1 aromatic rings. The van der Waals surface area contributed by atoms with Gasteiger partial charge in [-0.25, -0.2) is 0 Å². The van der Waals surface area contributed by atoms with Crippen LogP contribution >= 0.6 is 0 Å². The van der Waals surface area contributed by atoms with Crippen LogP contribution in [0.2, 0.25) is 0 Å². The van der Waals surface area contributed by atoms with Gasteiger partial charge in [-0.15, -0.1) is 0 Å². The third kappa shape index (κ3) is 1.97. The van der Waals surface area contributed by atoms with Crippen molar-refractivity contribution in [2.45, 2.75) is 46.0 Å². The molecule has 1 heteroatoms. The number of benzene rings is 1. The van der Waals surface area contributed by atoms with Gasteiger partial charge in [0, 0.05) is 12.8 Å².